The molecule has 172 valence electrons. The summed E-state index contributed by atoms with van der Waals surface area (Å²) in [6.07, 6.45) is -0.0657. The Labute approximate surface area is 204 Å². The van der Waals surface area contributed by atoms with Gasteiger partial charge in [-0.05, 0) is 72.6 Å². The summed E-state index contributed by atoms with van der Waals surface area (Å²) in [7, 11) is 0. The highest BCUT2D eigenvalue weighted by atomic mass is 79.9. The second kappa shape index (κ2) is 9.36. The summed E-state index contributed by atoms with van der Waals surface area (Å²) < 4.78 is 20.4. The maximum atomic E-state index is 13.6. The molecule has 2 N–H and O–H groups in total. The minimum atomic E-state index is -0.703. The van der Waals surface area contributed by atoms with Crippen molar-refractivity contribution < 1.29 is 13.9 Å². The molecule has 0 unspecified atom stereocenters. The molecule has 5 rings (SSSR count). The number of nitrogen functional groups attached to an aromatic ring is 1. The Morgan fingerprint density at radius 2 is 1.71 bits per heavy atom. The molecule has 1 amide bonds. The fourth-order valence-electron chi connectivity index (χ4n) is 3.84. The molecule has 2 heterocycles. The number of aromatic nitrogens is 3. The van der Waals surface area contributed by atoms with Crippen molar-refractivity contribution in [3.63, 3.8) is 0 Å². The highest BCUT2D eigenvalue weighted by Crippen LogP contribution is 2.33. The summed E-state index contributed by atoms with van der Waals surface area (Å²) in [6, 6.07) is 21.1. The first kappa shape index (κ1) is 22.2. The summed E-state index contributed by atoms with van der Waals surface area (Å²) in [5.74, 6) is -0.466. The van der Waals surface area contributed by atoms with E-state index in [0.29, 0.717) is 35.6 Å². The normalized spacial score (nSPS) is 15.8. The molecule has 1 aliphatic rings. The summed E-state index contributed by atoms with van der Waals surface area (Å²) in [5, 5.41) is 9.38. The van der Waals surface area contributed by atoms with Crippen LogP contribution < -0.4 is 5.73 Å². The fourth-order valence-corrected chi connectivity index (χ4v) is 4.11. The maximum absolute atomic E-state index is 13.6. The van der Waals surface area contributed by atoms with Gasteiger partial charge in [0.2, 0.25) is 0 Å². The van der Waals surface area contributed by atoms with Crippen molar-refractivity contribution in [2.45, 2.75) is 12.6 Å². The molecule has 1 aliphatic heterocycles. The second-order valence-corrected chi connectivity index (χ2v) is 8.86. The predicted octanol–water partition coefficient (Wildman–Crippen LogP) is 4.52. The van der Waals surface area contributed by atoms with Crippen molar-refractivity contribution in [3.05, 3.63) is 94.3 Å². The van der Waals surface area contributed by atoms with E-state index in [-0.39, 0.29) is 18.3 Å². The van der Waals surface area contributed by atoms with Gasteiger partial charge < -0.3 is 15.4 Å². The topological polar surface area (TPSA) is 86.3 Å². The van der Waals surface area contributed by atoms with Gasteiger partial charge in [-0.15, -0.1) is 10.2 Å². The van der Waals surface area contributed by atoms with Crippen LogP contribution in [0.3, 0.4) is 0 Å². The number of nitrogens with zero attached hydrogens (tertiary/aromatic N) is 4. The number of hydrogen-bond acceptors (Lipinski definition) is 5. The van der Waals surface area contributed by atoms with E-state index in [0.717, 1.165) is 15.7 Å². The van der Waals surface area contributed by atoms with E-state index in [1.54, 1.807) is 17.0 Å². The average molecular weight is 522 g/mol. The van der Waals surface area contributed by atoms with Crippen LogP contribution in [0.4, 0.5) is 10.1 Å². The van der Waals surface area contributed by atoms with Crippen LogP contribution in [0.15, 0.2) is 77.3 Å². The van der Waals surface area contributed by atoms with Gasteiger partial charge in [0.05, 0.1) is 5.69 Å². The van der Waals surface area contributed by atoms with Crippen molar-refractivity contribution in [2.75, 3.05) is 18.9 Å². The number of carbonyl (C=O) groups is 1. The minimum absolute atomic E-state index is 0.0413. The number of benzene rings is 3. The van der Waals surface area contributed by atoms with Crippen molar-refractivity contribution in [1.82, 2.24) is 19.9 Å². The molecule has 0 saturated carbocycles. The summed E-state index contributed by atoms with van der Waals surface area (Å²) in [5.41, 5.74) is 9.98. The van der Waals surface area contributed by atoms with Gasteiger partial charge in [0.1, 0.15) is 23.8 Å². The fraction of sp³-hybridized carbons (Fsp3) is 0.160. The van der Waals surface area contributed by atoms with Crippen LogP contribution in [0.2, 0.25) is 0 Å². The number of carbonyl (C=O) groups excluding carboxylic acids is 1. The maximum Gasteiger partial charge on any atom is 0.251 e. The number of rotatable bonds is 6. The molecule has 1 saturated heterocycles. The lowest BCUT2D eigenvalue weighted by Crippen LogP contribution is -2.31. The smallest absolute Gasteiger partial charge is 0.251 e. The molecular formula is C25H21BrFN5O2. The molecule has 9 heteroatoms. The van der Waals surface area contributed by atoms with Gasteiger partial charge in [-0.25, -0.2) is 4.39 Å². The number of amides is 1. The van der Waals surface area contributed by atoms with Gasteiger partial charge in [-0.3, -0.25) is 4.79 Å². The molecule has 1 atom stereocenters. The number of ether oxygens (including phenoxy) is 1. The van der Waals surface area contributed by atoms with E-state index in [1.165, 1.54) is 16.9 Å². The van der Waals surface area contributed by atoms with E-state index >= 15 is 0 Å². The zero-order valence-electron chi connectivity index (χ0n) is 18.1. The molecule has 0 radical (unpaired) electrons. The third kappa shape index (κ3) is 4.57. The van der Waals surface area contributed by atoms with Crippen molar-refractivity contribution >= 4 is 27.5 Å². The Bertz CT molecular complexity index is 1310. The van der Waals surface area contributed by atoms with Gasteiger partial charge >= 0.3 is 0 Å². The van der Waals surface area contributed by atoms with Gasteiger partial charge in [-0.2, -0.15) is 4.80 Å². The zero-order chi connectivity index (χ0) is 23.7. The van der Waals surface area contributed by atoms with Crippen LogP contribution in [0.1, 0.15) is 17.5 Å². The van der Waals surface area contributed by atoms with E-state index in [1.807, 2.05) is 48.5 Å². The highest BCUT2D eigenvalue weighted by molar-refractivity contribution is 9.10. The Kier molecular flexibility index (Phi) is 6.12. The molecule has 0 aliphatic carbocycles. The van der Waals surface area contributed by atoms with E-state index < -0.39 is 6.23 Å². The van der Waals surface area contributed by atoms with Crippen molar-refractivity contribution in [1.29, 1.82) is 0 Å². The quantitative estimate of drug-likeness (QED) is 0.377. The number of nitrogens with two attached hydrogens (primary N) is 1. The third-order valence-electron chi connectivity index (χ3n) is 5.64. The first-order valence-corrected chi connectivity index (χ1v) is 11.5. The van der Waals surface area contributed by atoms with Crippen LogP contribution in [0.5, 0.6) is 0 Å². The molecule has 34 heavy (non-hydrogen) atoms. The number of halogens is 2. The lowest BCUT2D eigenvalue weighted by atomic mass is 10.1. The Morgan fingerprint density at radius 1 is 1.00 bits per heavy atom. The Balaban J connectivity index is 1.50. The molecule has 0 bridgehead atoms. The van der Waals surface area contributed by atoms with Crippen LogP contribution in [0.25, 0.3) is 16.9 Å². The standard InChI is InChI=1S/C25H21BrFN5O2/c26-18-5-11-21(12-6-18)32-29-23(17-3-7-19(27)8-4-17)24(30-32)25-31(22(33)15-34-25)14-13-16-1-9-20(28)10-2-16/h1-12,25H,13-15,28H2/t25-/m1/s1. The van der Waals surface area contributed by atoms with Crippen LogP contribution >= 0.6 is 15.9 Å². The average Bonchev–Trinajstić information content (AvgIpc) is 3.43. The second-order valence-electron chi connectivity index (χ2n) is 7.95. The molecular weight excluding hydrogens is 501 g/mol. The van der Waals surface area contributed by atoms with Gasteiger partial charge in [0.25, 0.3) is 5.91 Å². The van der Waals surface area contributed by atoms with E-state index in [9.17, 15) is 9.18 Å². The molecule has 0 spiro atoms. The molecule has 1 aromatic heterocycles. The zero-order valence-corrected chi connectivity index (χ0v) is 19.7. The van der Waals surface area contributed by atoms with Crippen LogP contribution in [-0.2, 0) is 16.0 Å². The largest absolute Gasteiger partial charge is 0.399 e. The van der Waals surface area contributed by atoms with E-state index in [2.05, 4.69) is 21.0 Å². The summed E-state index contributed by atoms with van der Waals surface area (Å²) >= 11 is 3.43. The van der Waals surface area contributed by atoms with Gasteiger partial charge in [0.15, 0.2) is 6.23 Å². The van der Waals surface area contributed by atoms with E-state index in [4.69, 9.17) is 15.6 Å². The van der Waals surface area contributed by atoms with Crippen LogP contribution in [0, 0.1) is 5.82 Å². The van der Waals surface area contributed by atoms with Crippen LogP contribution in [-0.4, -0.2) is 39.0 Å². The lowest BCUT2D eigenvalue weighted by molar-refractivity contribution is -0.128. The Morgan fingerprint density at radius 3 is 2.41 bits per heavy atom. The van der Waals surface area contributed by atoms with Crippen molar-refractivity contribution in [3.8, 4) is 16.9 Å². The molecule has 1 fully saturated rings. The van der Waals surface area contributed by atoms with Crippen molar-refractivity contribution in [2.24, 2.45) is 0 Å². The molecule has 7 nitrogen and oxygen atoms in total. The SMILES string of the molecule is Nc1ccc(CCN2C(=O)CO[C@@H]2c2nn(-c3ccc(Br)cc3)nc2-c2ccc(F)cc2)cc1. The minimum Gasteiger partial charge on any atom is -0.399 e. The van der Waals surface area contributed by atoms with Gasteiger partial charge in [-0.1, -0.05) is 28.1 Å². The number of anilines is 1. The number of hydrogen-bond donors (Lipinski definition) is 1. The Hall–Kier alpha value is -3.56. The van der Waals surface area contributed by atoms with Gasteiger partial charge in [0, 0.05) is 22.3 Å². The lowest BCUT2D eigenvalue weighted by Gasteiger charge is -2.22. The summed E-state index contributed by atoms with van der Waals surface area (Å²) in [6.45, 7) is 0.405. The highest BCUT2D eigenvalue weighted by Gasteiger charge is 2.37. The first-order chi connectivity index (χ1) is 16.5. The monoisotopic (exact) mass is 521 g/mol. The first-order valence-electron chi connectivity index (χ1n) is 10.7. The summed E-state index contributed by atoms with van der Waals surface area (Å²) in [4.78, 5) is 15.9. The molecule has 4 aromatic rings. The third-order valence-corrected chi connectivity index (χ3v) is 6.17. The molecule has 3 aromatic carbocycles. The predicted molar refractivity (Wildman–Crippen MR) is 129 cm³/mol.